The predicted molar refractivity (Wildman–Crippen MR) is 121 cm³/mol. The second-order valence-electron chi connectivity index (χ2n) is 6.56. The van der Waals surface area contributed by atoms with Gasteiger partial charge in [0, 0.05) is 57.2 Å². The van der Waals surface area contributed by atoms with Crippen molar-refractivity contribution in [3.05, 3.63) is 17.5 Å². The summed E-state index contributed by atoms with van der Waals surface area (Å²) in [6, 6.07) is 0. The van der Waals surface area contributed by atoms with Gasteiger partial charge in [-0.15, -0.1) is 24.0 Å². The average molecular weight is 490 g/mol. The van der Waals surface area contributed by atoms with Crippen molar-refractivity contribution in [1.82, 2.24) is 19.6 Å². The fourth-order valence-electron chi connectivity index (χ4n) is 3.32. The fraction of sp³-hybridized carbons (Fsp3) is 0.722. The van der Waals surface area contributed by atoms with Gasteiger partial charge >= 0.3 is 0 Å². The van der Waals surface area contributed by atoms with E-state index in [4.69, 9.17) is 4.99 Å². The van der Waals surface area contributed by atoms with Crippen molar-refractivity contribution in [3.63, 3.8) is 0 Å². The molecule has 0 unspecified atom stereocenters. The molecular weight excluding hydrogens is 459 g/mol. The molecule has 3 rings (SSSR count). The van der Waals surface area contributed by atoms with E-state index in [0.29, 0.717) is 0 Å². The number of allylic oxidation sites excluding steroid dienone is 1. The smallest absolute Gasteiger partial charge is 0.205 e. The van der Waals surface area contributed by atoms with Crippen LogP contribution in [0.5, 0.6) is 0 Å². The van der Waals surface area contributed by atoms with Crippen molar-refractivity contribution in [1.29, 1.82) is 0 Å². The number of nitrogens with zero attached hydrogens (tertiary/aromatic N) is 5. The molecule has 0 radical (unpaired) electrons. The lowest BCUT2D eigenvalue weighted by Gasteiger charge is -2.36. The molecule has 26 heavy (non-hydrogen) atoms. The van der Waals surface area contributed by atoms with Gasteiger partial charge in [-0.05, 0) is 32.6 Å². The molecule has 1 aliphatic carbocycles. The summed E-state index contributed by atoms with van der Waals surface area (Å²) in [6.07, 6.45) is 8.27. The van der Waals surface area contributed by atoms with Crippen molar-refractivity contribution in [3.8, 4) is 0 Å². The van der Waals surface area contributed by atoms with E-state index < -0.39 is 0 Å². The van der Waals surface area contributed by atoms with E-state index in [1.165, 1.54) is 30.8 Å². The van der Waals surface area contributed by atoms with Crippen LogP contribution in [0.3, 0.4) is 0 Å². The van der Waals surface area contributed by atoms with Crippen LogP contribution in [0.2, 0.25) is 0 Å². The zero-order valence-electron chi connectivity index (χ0n) is 15.9. The van der Waals surface area contributed by atoms with Gasteiger partial charge in [0.1, 0.15) is 5.82 Å². The lowest BCUT2D eigenvalue weighted by atomic mass is 10.2. The lowest BCUT2D eigenvalue weighted by Crippen LogP contribution is -2.52. The Morgan fingerprint density at radius 2 is 2.08 bits per heavy atom. The maximum Gasteiger partial charge on any atom is 0.205 e. The first-order valence-corrected chi connectivity index (χ1v) is 10.4. The quantitative estimate of drug-likeness (QED) is 0.287. The second-order valence-corrected chi connectivity index (χ2v) is 7.29. The molecule has 2 heterocycles. The molecule has 146 valence electrons. The molecule has 6 nitrogen and oxygen atoms in total. The van der Waals surface area contributed by atoms with Gasteiger partial charge in [-0.3, -0.25) is 4.99 Å². The summed E-state index contributed by atoms with van der Waals surface area (Å²) in [5, 5.41) is 4.52. The molecule has 0 atom stereocenters. The predicted octanol–water partition coefficient (Wildman–Crippen LogP) is 3.31. The molecule has 0 bridgehead atoms. The molecule has 1 saturated heterocycles. The molecule has 0 amide bonds. The average Bonchev–Trinajstić information content (AvgIpc) is 3.33. The van der Waals surface area contributed by atoms with Crippen LogP contribution >= 0.6 is 35.5 Å². The van der Waals surface area contributed by atoms with Crippen LogP contribution in [-0.4, -0.2) is 59.5 Å². The number of rotatable bonds is 6. The molecule has 0 aromatic carbocycles. The third-order valence-corrected chi connectivity index (χ3v) is 5.60. The SMILES string of the molecule is CCNC(=NCCC1=CCCC1)N1CCN(c2nc(CC)ns2)CC1.I. The van der Waals surface area contributed by atoms with E-state index in [0.717, 1.165) is 69.0 Å². The van der Waals surface area contributed by atoms with E-state index in [1.807, 2.05) is 0 Å². The normalized spacial score (nSPS) is 17.9. The van der Waals surface area contributed by atoms with Crippen molar-refractivity contribution < 1.29 is 0 Å². The Balaban J connectivity index is 0.00000243. The second kappa shape index (κ2) is 11.1. The number of guanidine groups is 1. The monoisotopic (exact) mass is 490 g/mol. The van der Waals surface area contributed by atoms with Gasteiger partial charge in [0.05, 0.1) is 0 Å². The van der Waals surface area contributed by atoms with Gasteiger partial charge in [-0.25, -0.2) is 4.98 Å². The summed E-state index contributed by atoms with van der Waals surface area (Å²) in [4.78, 5) is 14.2. The number of piperazine rings is 1. The largest absolute Gasteiger partial charge is 0.357 e. The molecule has 2 aliphatic rings. The van der Waals surface area contributed by atoms with Crippen LogP contribution in [0, 0.1) is 0 Å². The van der Waals surface area contributed by atoms with Gasteiger partial charge in [0.2, 0.25) is 5.13 Å². The number of halogens is 1. The zero-order valence-corrected chi connectivity index (χ0v) is 19.1. The van der Waals surface area contributed by atoms with Gasteiger partial charge in [0.25, 0.3) is 0 Å². The Labute approximate surface area is 178 Å². The standard InChI is InChI=1S/C18H30N6S.HI/c1-3-16-21-18(25-22-16)24-13-11-23(12-14-24)17(19-4-2)20-10-9-15-7-5-6-8-15;/h7H,3-6,8-14H2,1-2H3,(H,19,20);1H. The molecule has 1 aliphatic heterocycles. The highest BCUT2D eigenvalue weighted by Crippen LogP contribution is 2.21. The lowest BCUT2D eigenvalue weighted by molar-refractivity contribution is 0.372. The van der Waals surface area contributed by atoms with Crippen molar-refractivity contribution in [2.45, 2.75) is 46.0 Å². The van der Waals surface area contributed by atoms with Crippen LogP contribution in [0.4, 0.5) is 5.13 Å². The molecule has 1 N–H and O–H groups in total. The number of aryl methyl sites for hydroxylation is 1. The molecule has 0 saturated carbocycles. The van der Waals surface area contributed by atoms with Crippen molar-refractivity contribution in [2.24, 2.45) is 4.99 Å². The van der Waals surface area contributed by atoms with Gasteiger partial charge in [0.15, 0.2) is 5.96 Å². The first-order chi connectivity index (χ1) is 12.3. The van der Waals surface area contributed by atoms with Gasteiger partial charge < -0.3 is 15.1 Å². The molecule has 1 aromatic heterocycles. The summed E-state index contributed by atoms with van der Waals surface area (Å²) >= 11 is 1.52. The maximum atomic E-state index is 4.86. The van der Waals surface area contributed by atoms with Gasteiger partial charge in [-0.2, -0.15) is 4.37 Å². The minimum atomic E-state index is 0. The maximum absolute atomic E-state index is 4.86. The van der Waals surface area contributed by atoms with Crippen molar-refractivity contribution >= 4 is 46.6 Å². The number of nitrogens with one attached hydrogen (secondary N) is 1. The Bertz CT molecular complexity index is 607. The van der Waals surface area contributed by atoms with Crippen molar-refractivity contribution in [2.75, 3.05) is 44.2 Å². The summed E-state index contributed by atoms with van der Waals surface area (Å²) in [7, 11) is 0. The highest BCUT2D eigenvalue weighted by Gasteiger charge is 2.22. The number of hydrogen-bond donors (Lipinski definition) is 1. The third kappa shape index (κ3) is 5.80. The van der Waals surface area contributed by atoms with E-state index in [9.17, 15) is 0 Å². The Morgan fingerprint density at radius 3 is 2.69 bits per heavy atom. The summed E-state index contributed by atoms with van der Waals surface area (Å²) in [5.74, 6) is 2.02. The number of aliphatic imine (C=N–C) groups is 1. The van der Waals surface area contributed by atoms with Crippen LogP contribution < -0.4 is 10.2 Å². The Morgan fingerprint density at radius 1 is 1.27 bits per heavy atom. The fourth-order valence-corrected chi connectivity index (χ4v) is 4.12. The first kappa shape index (κ1) is 21.4. The molecule has 8 heteroatoms. The molecule has 0 spiro atoms. The summed E-state index contributed by atoms with van der Waals surface area (Å²) < 4.78 is 4.41. The number of aromatic nitrogens is 2. The summed E-state index contributed by atoms with van der Waals surface area (Å²) in [5.41, 5.74) is 1.59. The Kier molecular flexibility index (Phi) is 9.10. The molecule has 1 fully saturated rings. The van der Waals surface area contributed by atoms with E-state index in [2.05, 4.69) is 44.4 Å². The van der Waals surface area contributed by atoms with E-state index in [1.54, 1.807) is 5.57 Å². The topological polar surface area (TPSA) is 56.7 Å². The van der Waals surface area contributed by atoms with Gasteiger partial charge in [-0.1, -0.05) is 18.6 Å². The van der Waals surface area contributed by atoms with E-state index in [-0.39, 0.29) is 24.0 Å². The highest BCUT2D eigenvalue weighted by atomic mass is 127. The van der Waals surface area contributed by atoms with Crippen LogP contribution in [0.25, 0.3) is 0 Å². The first-order valence-electron chi connectivity index (χ1n) is 9.58. The highest BCUT2D eigenvalue weighted by molar-refractivity contribution is 14.0. The zero-order chi connectivity index (χ0) is 17.5. The Hall–Kier alpha value is -0.900. The molecular formula is C18H31IN6S. The van der Waals surface area contributed by atoms with Crippen LogP contribution in [-0.2, 0) is 6.42 Å². The number of hydrogen-bond acceptors (Lipinski definition) is 5. The van der Waals surface area contributed by atoms with Crippen LogP contribution in [0.1, 0.15) is 45.4 Å². The van der Waals surface area contributed by atoms with E-state index >= 15 is 0 Å². The third-order valence-electron chi connectivity index (χ3n) is 4.79. The number of anilines is 1. The molecule has 1 aromatic rings. The van der Waals surface area contributed by atoms with Crippen LogP contribution in [0.15, 0.2) is 16.6 Å². The summed E-state index contributed by atoms with van der Waals surface area (Å²) in [6.45, 7) is 9.97. The minimum absolute atomic E-state index is 0. The minimum Gasteiger partial charge on any atom is -0.357 e.